The van der Waals surface area contributed by atoms with Crippen molar-refractivity contribution in [1.82, 2.24) is 0 Å². The zero-order valence-corrected chi connectivity index (χ0v) is 10.5. The molecule has 0 aliphatic heterocycles. The van der Waals surface area contributed by atoms with E-state index < -0.39 is 5.97 Å². The summed E-state index contributed by atoms with van der Waals surface area (Å²) in [6, 6.07) is 7.29. The SMILES string of the molecule is COC(=O)CN(C(=O)CCl)c1ccccc1C. The number of anilines is 1. The number of aryl methyl sites for hydroxylation is 1. The molecule has 0 aliphatic carbocycles. The van der Waals surface area contributed by atoms with Gasteiger partial charge in [0.1, 0.15) is 12.4 Å². The molecule has 1 rings (SSSR count). The van der Waals surface area contributed by atoms with E-state index >= 15 is 0 Å². The number of rotatable bonds is 4. The van der Waals surface area contributed by atoms with Crippen molar-refractivity contribution in [3.63, 3.8) is 0 Å². The van der Waals surface area contributed by atoms with Crippen LogP contribution >= 0.6 is 11.6 Å². The average Bonchev–Trinajstić information content (AvgIpc) is 2.35. The van der Waals surface area contributed by atoms with Gasteiger partial charge in [-0.05, 0) is 18.6 Å². The molecule has 0 unspecified atom stereocenters. The molecule has 0 saturated heterocycles. The van der Waals surface area contributed by atoms with Crippen molar-refractivity contribution >= 4 is 29.2 Å². The zero-order chi connectivity index (χ0) is 12.8. The van der Waals surface area contributed by atoms with E-state index in [-0.39, 0.29) is 18.3 Å². The van der Waals surface area contributed by atoms with E-state index in [1.165, 1.54) is 12.0 Å². The van der Waals surface area contributed by atoms with Crippen molar-refractivity contribution in [3.05, 3.63) is 29.8 Å². The summed E-state index contributed by atoms with van der Waals surface area (Å²) in [5.74, 6) is -0.983. The second-order valence-corrected chi connectivity index (χ2v) is 3.74. The summed E-state index contributed by atoms with van der Waals surface area (Å²) in [5, 5.41) is 0. The van der Waals surface area contributed by atoms with Crippen LogP contribution < -0.4 is 4.90 Å². The smallest absolute Gasteiger partial charge is 0.325 e. The third-order valence-corrected chi connectivity index (χ3v) is 2.57. The first-order valence-corrected chi connectivity index (χ1v) is 5.62. The van der Waals surface area contributed by atoms with Crippen molar-refractivity contribution in [1.29, 1.82) is 0 Å². The van der Waals surface area contributed by atoms with Crippen LogP contribution in [0.2, 0.25) is 0 Å². The number of alkyl halides is 1. The van der Waals surface area contributed by atoms with Gasteiger partial charge >= 0.3 is 5.97 Å². The third-order valence-electron chi connectivity index (χ3n) is 2.34. The second-order valence-electron chi connectivity index (χ2n) is 3.48. The summed E-state index contributed by atoms with van der Waals surface area (Å²) in [6.45, 7) is 1.73. The van der Waals surface area contributed by atoms with Gasteiger partial charge in [0.15, 0.2) is 0 Å². The number of halogens is 1. The van der Waals surface area contributed by atoms with Crippen LogP contribution in [0.4, 0.5) is 5.69 Å². The van der Waals surface area contributed by atoms with Crippen LogP contribution in [0.15, 0.2) is 24.3 Å². The Kier molecular flexibility index (Phi) is 4.97. The van der Waals surface area contributed by atoms with E-state index in [1.54, 1.807) is 12.1 Å². The summed E-state index contributed by atoms with van der Waals surface area (Å²) in [7, 11) is 1.28. The fraction of sp³-hybridized carbons (Fsp3) is 0.333. The second kappa shape index (κ2) is 6.25. The highest BCUT2D eigenvalue weighted by molar-refractivity contribution is 6.29. The number of nitrogens with zero attached hydrogens (tertiary/aromatic N) is 1. The molecule has 5 heteroatoms. The molecule has 92 valence electrons. The maximum Gasteiger partial charge on any atom is 0.325 e. The Morgan fingerprint density at radius 2 is 2.00 bits per heavy atom. The molecule has 1 aromatic carbocycles. The molecule has 17 heavy (non-hydrogen) atoms. The Labute approximate surface area is 105 Å². The number of ether oxygens (including phenoxy) is 1. The lowest BCUT2D eigenvalue weighted by Crippen LogP contribution is -2.37. The van der Waals surface area contributed by atoms with Crippen molar-refractivity contribution in [3.8, 4) is 0 Å². The summed E-state index contributed by atoms with van der Waals surface area (Å²) < 4.78 is 4.56. The number of carbonyl (C=O) groups is 2. The van der Waals surface area contributed by atoms with E-state index in [9.17, 15) is 9.59 Å². The molecule has 4 nitrogen and oxygen atoms in total. The molecule has 1 aromatic rings. The van der Waals surface area contributed by atoms with Gasteiger partial charge < -0.3 is 4.74 Å². The standard InChI is InChI=1S/C12H14ClNO3/c1-9-5-3-4-6-10(9)14(11(15)7-13)8-12(16)17-2/h3-6H,7-8H2,1-2H3. The Morgan fingerprint density at radius 3 is 2.53 bits per heavy atom. The van der Waals surface area contributed by atoms with Crippen LogP contribution in [0.3, 0.4) is 0 Å². The fourth-order valence-corrected chi connectivity index (χ4v) is 1.58. The topological polar surface area (TPSA) is 46.6 Å². The lowest BCUT2D eigenvalue weighted by Gasteiger charge is -2.22. The van der Waals surface area contributed by atoms with Crippen LogP contribution in [0, 0.1) is 6.92 Å². The minimum absolute atomic E-state index is 0.132. The first-order chi connectivity index (χ1) is 8.10. The molecule has 0 atom stereocenters. The van der Waals surface area contributed by atoms with Crippen molar-refractivity contribution in [2.45, 2.75) is 6.92 Å². The largest absolute Gasteiger partial charge is 0.468 e. The third kappa shape index (κ3) is 3.46. The highest BCUT2D eigenvalue weighted by Crippen LogP contribution is 2.19. The Balaban J connectivity index is 3.02. The van der Waals surface area contributed by atoms with E-state index in [1.807, 2.05) is 19.1 Å². The van der Waals surface area contributed by atoms with E-state index in [2.05, 4.69) is 4.74 Å². The Hall–Kier alpha value is -1.55. The lowest BCUT2D eigenvalue weighted by molar-refractivity contribution is -0.139. The molecule has 0 saturated carbocycles. The first-order valence-electron chi connectivity index (χ1n) is 5.09. The summed E-state index contributed by atoms with van der Waals surface area (Å²) >= 11 is 5.53. The maximum atomic E-state index is 11.7. The minimum atomic E-state index is -0.480. The number of hydrogen-bond donors (Lipinski definition) is 0. The van der Waals surface area contributed by atoms with Gasteiger partial charge in [0.05, 0.1) is 7.11 Å². The molecule has 0 heterocycles. The molecular formula is C12H14ClNO3. The van der Waals surface area contributed by atoms with Gasteiger partial charge in [-0.15, -0.1) is 11.6 Å². The molecule has 0 aliphatic rings. The number of esters is 1. The zero-order valence-electron chi connectivity index (χ0n) is 9.77. The molecule has 0 fully saturated rings. The van der Waals surface area contributed by atoms with Gasteiger partial charge in [-0.3, -0.25) is 14.5 Å². The normalized spacial score (nSPS) is 9.82. The molecule has 0 N–H and O–H groups in total. The quantitative estimate of drug-likeness (QED) is 0.608. The van der Waals surface area contributed by atoms with Gasteiger partial charge in [-0.2, -0.15) is 0 Å². The van der Waals surface area contributed by atoms with E-state index in [4.69, 9.17) is 11.6 Å². The van der Waals surface area contributed by atoms with Gasteiger partial charge in [-0.25, -0.2) is 0 Å². The number of hydrogen-bond acceptors (Lipinski definition) is 3. The monoisotopic (exact) mass is 255 g/mol. The lowest BCUT2D eigenvalue weighted by atomic mass is 10.2. The summed E-state index contributed by atoms with van der Waals surface area (Å²) in [6.07, 6.45) is 0. The molecule has 0 spiro atoms. The number of methoxy groups -OCH3 is 1. The molecular weight excluding hydrogens is 242 g/mol. The van der Waals surface area contributed by atoms with Crippen LogP contribution in [0.1, 0.15) is 5.56 Å². The van der Waals surface area contributed by atoms with Crippen LogP contribution in [-0.2, 0) is 14.3 Å². The van der Waals surface area contributed by atoms with Gasteiger partial charge in [0.2, 0.25) is 5.91 Å². The van der Waals surface area contributed by atoms with Crippen molar-refractivity contribution < 1.29 is 14.3 Å². The Morgan fingerprint density at radius 1 is 1.35 bits per heavy atom. The maximum absolute atomic E-state index is 11.7. The Bertz CT molecular complexity index is 420. The number of para-hydroxylation sites is 1. The highest BCUT2D eigenvalue weighted by atomic mass is 35.5. The van der Waals surface area contributed by atoms with E-state index in [0.29, 0.717) is 5.69 Å². The van der Waals surface area contributed by atoms with Crippen molar-refractivity contribution in [2.75, 3.05) is 24.4 Å². The van der Waals surface area contributed by atoms with Gasteiger partial charge in [0, 0.05) is 5.69 Å². The fourth-order valence-electron chi connectivity index (χ4n) is 1.44. The number of amides is 1. The number of benzene rings is 1. The van der Waals surface area contributed by atoms with Crippen LogP contribution in [0.25, 0.3) is 0 Å². The van der Waals surface area contributed by atoms with E-state index in [0.717, 1.165) is 5.56 Å². The van der Waals surface area contributed by atoms with Crippen LogP contribution in [0.5, 0.6) is 0 Å². The van der Waals surface area contributed by atoms with Crippen molar-refractivity contribution in [2.24, 2.45) is 0 Å². The van der Waals surface area contributed by atoms with Crippen LogP contribution in [-0.4, -0.2) is 31.4 Å². The predicted octanol–water partition coefficient (Wildman–Crippen LogP) is 1.74. The first kappa shape index (κ1) is 13.5. The molecule has 0 radical (unpaired) electrons. The summed E-state index contributed by atoms with van der Waals surface area (Å²) in [5.41, 5.74) is 1.57. The molecule has 1 amide bonds. The summed E-state index contributed by atoms with van der Waals surface area (Å²) in [4.78, 5) is 24.3. The molecule has 0 bridgehead atoms. The highest BCUT2D eigenvalue weighted by Gasteiger charge is 2.19. The van der Waals surface area contributed by atoms with Gasteiger partial charge in [0.25, 0.3) is 0 Å². The minimum Gasteiger partial charge on any atom is -0.468 e. The molecule has 0 aromatic heterocycles. The predicted molar refractivity (Wildman–Crippen MR) is 66.3 cm³/mol. The number of carbonyl (C=O) groups excluding carboxylic acids is 2. The van der Waals surface area contributed by atoms with Gasteiger partial charge in [-0.1, -0.05) is 18.2 Å². The average molecular weight is 256 g/mol.